The van der Waals surface area contributed by atoms with Gasteiger partial charge in [-0.25, -0.2) is 4.79 Å². The fourth-order valence-electron chi connectivity index (χ4n) is 2.77. The number of likely N-dealkylation sites (tertiary alicyclic amines) is 1. The molecule has 0 saturated carbocycles. The van der Waals surface area contributed by atoms with Crippen molar-refractivity contribution in [3.8, 4) is 0 Å². The molecule has 0 radical (unpaired) electrons. The lowest BCUT2D eigenvalue weighted by Gasteiger charge is -2.37. The number of ketones is 1. The van der Waals surface area contributed by atoms with Crippen LogP contribution in [0.1, 0.15) is 18.0 Å². The van der Waals surface area contributed by atoms with Crippen molar-refractivity contribution in [2.45, 2.75) is 17.7 Å². The van der Waals surface area contributed by atoms with Gasteiger partial charge in [-0.2, -0.15) is 12.6 Å². The minimum atomic E-state index is -1.04. The zero-order valence-electron chi connectivity index (χ0n) is 12.4. The zero-order valence-corrected chi connectivity index (χ0v) is 14.0. The van der Waals surface area contributed by atoms with Gasteiger partial charge in [0, 0.05) is 29.4 Å². The Morgan fingerprint density at radius 2 is 2.13 bits per heavy atom. The zero-order chi connectivity index (χ0) is 17.0. The van der Waals surface area contributed by atoms with Gasteiger partial charge in [0.2, 0.25) is 0 Å². The molecule has 0 aromatic heterocycles. The lowest BCUT2D eigenvalue weighted by molar-refractivity contribution is -0.131. The first-order valence-corrected chi connectivity index (χ1v) is 8.07. The average molecular weight is 356 g/mol. The van der Waals surface area contributed by atoms with E-state index in [0.29, 0.717) is 35.7 Å². The van der Waals surface area contributed by atoms with E-state index in [2.05, 4.69) is 12.6 Å². The third-order valence-corrected chi connectivity index (χ3v) is 4.77. The van der Waals surface area contributed by atoms with Gasteiger partial charge in [-0.3, -0.25) is 9.69 Å². The molecule has 2 N–H and O–H groups in total. The van der Waals surface area contributed by atoms with Gasteiger partial charge >= 0.3 is 5.97 Å². The molecule has 0 spiro atoms. The van der Waals surface area contributed by atoms with Gasteiger partial charge in [0.15, 0.2) is 5.78 Å². The van der Waals surface area contributed by atoms with Crippen molar-refractivity contribution in [1.82, 2.24) is 4.90 Å². The van der Waals surface area contributed by atoms with Gasteiger partial charge < -0.3 is 10.2 Å². The third kappa shape index (κ3) is 4.35. The Hall–Kier alpha value is -1.34. The third-order valence-electron chi connectivity index (χ3n) is 3.84. The predicted molar refractivity (Wildman–Crippen MR) is 91.0 cm³/mol. The van der Waals surface area contributed by atoms with Crippen LogP contribution in [-0.2, 0) is 9.59 Å². The quantitative estimate of drug-likeness (QED) is 0.556. The molecule has 2 unspecified atom stereocenters. The topological polar surface area (TPSA) is 77.8 Å². The van der Waals surface area contributed by atoms with Crippen LogP contribution in [0.5, 0.6) is 0 Å². The number of thiol groups is 1. The molecule has 2 rings (SSSR count). The highest BCUT2D eigenvalue weighted by atomic mass is 35.5. The molecule has 0 aliphatic carbocycles. The summed E-state index contributed by atoms with van der Waals surface area (Å²) in [5, 5.41) is 18.6. The van der Waals surface area contributed by atoms with Crippen molar-refractivity contribution < 1.29 is 19.8 Å². The van der Waals surface area contributed by atoms with Crippen LogP contribution >= 0.6 is 24.2 Å². The normalized spacial score (nSPS) is 22.0. The summed E-state index contributed by atoms with van der Waals surface area (Å²) in [6.45, 7) is 0.253. The molecule has 1 saturated heterocycles. The highest BCUT2D eigenvalue weighted by Gasteiger charge is 2.33. The molecule has 7 heteroatoms. The summed E-state index contributed by atoms with van der Waals surface area (Å²) in [4.78, 5) is 25.1. The Balaban J connectivity index is 2.35. The van der Waals surface area contributed by atoms with Crippen molar-refractivity contribution in [1.29, 1.82) is 0 Å². The molecule has 1 fully saturated rings. The Kier molecular flexibility index (Phi) is 6.24. The molecule has 0 amide bonds. The molecule has 5 nitrogen and oxygen atoms in total. The second-order valence-electron chi connectivity index (χ2n) is 5.38. The van der Waals surface area contributed by atoms with Crippen LogP contribution < -0.4 is 0 Å². The number of hydrogen-bond acceptors (Lipinski definition) is 5. The Morgan fingerprint density at radius 1 is 1.43 bits per heavy atom. The lowest BCUT2D eigenvalue weighted by atomic mass is 9.96. The van der Waals surface area contributed by atoms with E-state index in [1.807, 2.05) is 4.90 Å². The SMILES string of the molecule is O=C(O)/C=C1/CN(C(C(=O)CO)c2ccccc2Cl)CCC1S. The van der Waals surface area contributed by atoms with Gasteiger partial charge in [-0.15, -0.1) is 0 Å². The Morgan fingerprint density at radius 3 is 2.74 bits per heavy atom. The molecule has 124 valence electrons. The van der Waals surface area contributed by atoms with E-state index in [1.54, 1.807) is 24.3 Å². The summed E-state index contributed by atoms with van der Waals surface area (Å²) < 4.78 is 0. The first-order chi connectivity index (χ1) is 10.9. The number of Topliss-reactive ketones (excluding diaryl/α,β-unsaturated/α-hetero) is 1. The van der Waals surface area contributed by atoms with Crippen LogP contribution in [0.4, 0.5) is 0 Å². The highest BCUT2D eigenvalue weighted by molar-refractivity contribution is 7.81. The Labute approximate surface area is 145 Å². The van der Waals surface area contributed by atoms with Crippen molar-refractivity contribution >= 4 is 36.0 Å². The van der Waals surface area contributed by atoms with Gasteiger partial charge in [0.1, 0.15) is 6.61 Å². The van der Waals surface area contributed by atoms with Crippen LogP contribution in [-0.4, -0.2) is 51.8 Å². The summed E-state index contributed by atoms with van der Waals surface area (Å²) >= 11 is 10.6. The van der Waals surface area contributed by atoms with E-state index in [4.69, 9.17) is 16.7 Å². The number of aliphatic hydroxyl groups excluding tert-OH is 1. The average Bonchev–Trinajstić information content (AvgIpc) is 2.51. The number of carboxylic acid groups (broad SMARTS) is 1. The maximum atomic E-state index is 12.3. The fourth-order valence-corrected chi connectivity index (χ4v) is 3.28. The maximum Gasteiger partial charge on any atom is 0.328 e. The largest absolute Gasteiger partial charge is 0.478 e. The molecule has 1 aliphatic heterocycles. The number of carboxylic acids is 1. The first-order valence-electron chi connectivity index (χ1n) is 7.17. The smallest absolute Gasteiger partial charge is 0.328 e. The predicted octanol–water partition coefficient (Wildman–Crippen LogP) is 1.96. The molecule has 2 atom stereocenters. The highest BCUT2D eigenvalue weighted by Crippen LogP contribution is 2.32. The second-order valence-corrected chi connectivity index (χ2v) is 6.41. The first kappa shape index (κ1) is 18.0. The summed E-state index contributed by atoms with van der Waals surface area (Å²) in [5.41, 5.74) is 1.25. The molecule has 1 aliphatic rings. The van der Waals surface area contributed by atoms with E-state index in [-0.39, 0.29) is 11.0 Å². The number of aliphatic carboxylic acids is 1. The number of aliphatic hydroxyl groups is 1. The van der Waals surface area contributed by atoms with Crippen molar-refractivity contribution in [2.75, 3.05) is 19.7 Å². The van der Waals surface area contributed by atoms with Gasteiger partial charge in [-0.1, -0.05) is 29.8 Å². The van der Waals surface area contributed by atoms with Crippen LogP contribution in [0.25, 0.3) is 0 Å². The van der Waals surface area contributed by atoms with E-state index in [0.717, 1.165) is 6.08 Å². The molecule has 1 aromatic rings. The molecule has 1 aromatic carbocycles. The van der Waals surface area contributed by atoms with Crippen molar-refractivity contribution in [2.24, 2.45) is 0 Å². The number of rotatable bonds is 5. The number of carbonyl (C=O) groups excluding carboxylic acids is 1. The number of carbonyl (C=O) groups is 2. The molecular formula is C16H18ClNO4S. The molecule has 1 heterocycles. The van der Waals surface area contributed by atoms with Gasteiger partial charge in [0.05, 0.1) is 6.04 Å². The van der Waals surface area contributed by atoms with Crippen LogP contribution in [0, 0.1) is 0 Å². The Bertz CT molecular complexity index is 634. The number of halogens is 1. The number of piperidine rings is 1. The summed E-state index contributed by atoms with van der Waals surface area (Å²) in [5.74, 6) is -1.41. The van der Waals surface area contributed by atoms with E-state index in [9.17, 15) is 14.7 Å². The van der Waals surface area contributed by atoms with E-state index < -0.39 is 18.6 Å². The summed E-state index contributed by atoms with van der Waals surface area (Å²) in [6, 6.07) is 6.27. The summed E-state index contributed by atoms with van der Waals surface area (Å²) in [7, 11) is 0. The number of hydrogen-bond donors (Lipinski definition) is 3. The van der Waals surface area contributed by atoms with Crippen molar-refractivity contribution in [3.05, 3.63) is 46.5 Å². The molecule has 0 bridgehead atoms. The van der Waals surface area contributed by atoms with E-state index in [1.165, 1.54) is 0 Å². The monoisotopic (exact) mass is 355 g/mol. The van der Waals surface area contributed by atoms with Crippen LogP contribution in [0.15, 0.2) is 35.9 Å². The standard InChI is InChI=1S/C16H18ClNO4S/c17-12-4-2-1-3-11(12)16(13(20)9-19)18-6-5-14(23)10(8-18)7-15(21)22/h1-4,7,14,16,19,23H,5-6,8-9H2,(H,21,22)/b10-7-. The molecular weight excluding hydrogens is 338 g/mol. The minimum absolute atomic E-state index is 0.154. The fraction of sp³-hybridized carbons (Fsp3) is 0.375. The number of benzene rings is 1. The van der Waals surface area contributed by atoms with Gasteiger partial charge in [-0.05, 0) is 23.6 Å². The number of nitrogens with zero attached hydrogens (tertiary/aromatic N) is 1. The minimum Gasteiger partial charge on any atom is -0.478 e. The second kappa shape index (κ2) is 7.97. The maximum absolute atomic E-state index is 12.3. The lowest BCUT2D eigenvalue weighted by Crippen LogP contribution is -2.42. The van der Waals surface area contributed by atoms with E-state index >= 15 is 0 Å². The van der Waals surface area contributed by atoms with Crippen LogP contribution in [0.2, 0.25) is 5.02 Å². The summed E-state index contributed by atoms with van der Waals surface area (Å²) in [6.07, 6.45) is 1.75. The van der Waals surface area contributed by atoms with Gasteiger partial charge in [0.25, 0.3) is 0 Å². The van der Waals surface area contributed by atoms with Crippen molar-refractivity contribution in [3.63, 3.8) is 0 Å². The molecule has 23 heavy (non-hydrogen) atoms. The van der Waals surface area contributed by atoms with Crippen LogP contribution in [0.3, 0.4) is 0 Å².